The van der Waals surface area contributed by atoms with Gasteiger partial charge in [0.15, 0.2) is 0 Å². The van der Waals surface area contributed by atoms with Gasteiger partial charge in [0.05, 0.1) is 26.9 Å². The lowest BCUT2D eigenvalue weighted by atomic mass is 9.69. The minimum Gasteiger partial charge on any atom is -0.497 e. The standard InChI is InChI=1S/C22H23NO5/c1-5-28-21(25)22-12-13-10-14(26-3)6-8-16(13)19(22)23(2)20(24)17-11-15(27-4)7-9-18(17)22/h6-11,19H,5,12H2,1-4H3/t19-,22+/m1/s1. The molecule has 1 heterocycles. The molecule has 2 aromatic carbocycles. The van der Waals surface area contributed by atoms with E-state index in [2.05, 4.69) is 0 Å². The molecule has 0 radical (unpaired) electrons. The third-order valence-electron chi connectivity index (χ3n) is 5.87. The number of hydrogen-bond acceptors (Lipinski definition) is 5. The molecule has 2 aliphatic rings. The fourth-order valence-corrected chi connectivity index (χ4v) is 4.65. The molecule has 0 spiro atoms. The van der Waals surface area contributed by atoms with Crippen molar-refractivity contribution in [2.24, 2.45) is 0 Å². The number of methoxy groups -OCH3 is 2. The summed E-state index contributed by atoms with van der Waals surface area (Å²) in [7, 11) is 4.91. The van der Waals surface area contributed by atoms with Crippen LogP contribution in [0, 0.1) is 0 Å². The van der Waals surface area contributed by atoms with E-state index in [0.717, 1.165) is 16.9 Å². The summed E-state index contributed by atoms with van der Waals surface area (Å²) < 4.78 is 16.2. The first-order valence-electron chi connectivity index (χ1n) is 9.27. The van der Waals surface area contributed by atoms with E-state index in [9.17, 15) is 9.59 Å². The van der Waals surface area contributed by atoms with Gasteiger partial charge in [0.2, 0.25) is 0 Å². The summed E-state index contributed by atoms with van der Waals surface area (Å²) in [6.07, 6.45) is 0.444. The number of carbonyl (C=O) groups excluding carboxylic acids is 2. The highest BCUT2D eigenvalue weighted by atomic mass is 16.5. The van der Waals surface area contributed by atoms with Crippen molar-refractivity contribution in [1.82, 2.24) is 4.90 Å². The number of ether oxygens (including phenoxy) is 3. The molecule has 0 saturated heterocycles. The molecule has 4 rings (SSSR count). The third-order valence-corrected chi connectivity index (χ3v) is 5.87. The molecule has 1 aliphatic carbocycles. The molecule has 2 atom stereocenters. The smallest absolute Gasteiger partial charge is 0.319 e. The van der Waals surface area contributed by atoms with Crippen molar-refractivity contribution in [1.29, 1.82) is 0 Å². The molecule has 0 N–H and O–H groups in total. The molecule has 28 heavy (non-hydrogen) atoms. The van der Waals surface area contributed by atoms with E-state index in [1.807, 2.05) is 24.3 Å². The molecule has 6 nitrogen and oxygen atoms in total. The molecular formula is C22H23NO5. The molecule has 0 unspecified atom stereocenters. The Bertz CT molecular complexity index is 969. The van der Waals surface area contributed by atoms with Crippen LogP contribution in [0.4, 0.5) is 0 Å². The first kappa shape index (κ1) is 18.3. The van der Waals surface area contributed by atoms with Crippen LogP contribution in [0.2, 0.25) is 0 Å². The molecular weight excluding hydrogens is 358 g/mol. The lowest BCUT2D eigenvalue weighted by Gasteiger charge is -2.44. The van der Waals surface area contributed by atoms with Gasteiger partial charge in [0, 0.05) is 12.6 Å². The summed E-state index contributed by atoms with van der Waals surface area (Å²) in [5.74, 6) is 0.846. The zero-order valence-electron chi connectivity index (χ0n) is 16.4. The number of fused-ring (bicyclic) bond motifs is 5. The van der Waals surface area contributed by atoms with E-state index in [0.29, 0.717) is 23.3 Å². The van der Waals surface area contributed by atoms with Gasteiger partial charge in [-0.3, -0.25) is 9.59 Å². The lowest BCUT2D eigenvalue weighted by molar-refractivity contribution is -0.152. The second-order valence-electron chi connectivity index (χ2n) is 7.16. The van der Waals surface area contributed by atoms with Gasteiger partial charge in [-0.25, -0.2) is 0 Å². The third kappa shape index (κ3) is 2.33. The Labute approximate surface area is 164 Å². The zero-order chi connectivity index (χ0) is 20.1. The molecule has 0 saturated carbocycles. The number of rotatable bonds is 4. The van der Waals surface area contributed by atoms with Gasteiger partial charge in [-0.1, -0.05) is 12.1 Å². The summed E-state index contributed by atoms with van der Waals surface area (Å²) >= 11 is 0. The van der Waals surface area contributed by atoms with Crippen LogP contribution in [0.1, 0.15) is 40.0 Å². The predicted octanol–water partition coefficient (Wildman–Crippen LogP) is 2.89. The summed E-state index contributed by atoms with van der Waals surface area (Å²) in [4.78, 5) is 28.2. The quantitative estimate of drug-likeness (QED) is 0.762. The van der Waals surface area contributed by atoms with Crippen molar-refractivity contribution in [3.63, 3.8) is 0 Å². The largest absolute Gasteiger partial charge is 0.497 e. The van der Waals surface area contributed by atoms with Crippen molar-refractivity contribution in [2.45, 2.75) is 24.8 Å². The molecule has 0 bridgehead atoms. The molecule has 0 aromatic heterocycles. The Morgan fingerprint density at radius 2 is 1.82 bits per heavy atom. The fourth-order valence-electron chi connectivity index (χ4n) is 4.65. The van der Waals surface area contributed by atoms with Crippen LogP contribution in [-0.4, -0.2) is 44.7 Å². The number of benzene rings is 2. The van der Waals surface area contributed by atoms with E-state index in [1.165, 1.54) is 0 Å². The van der Waals surface area contributed by atoms with E-state index in [4.69, 9.17) is 14.2 Å². The van der Waals surface area contributed by atoms with Gasteiger partial charge < -0.3 is 19.1 Å². The Morgan fingerprint density at radius 3 is 2.50 bits per heavy atom. The minimum atomic E-state index is -0.991. The lowest BCUT2D eigenvalue weighted by Crippen LogP contribution is -2.53. The maximum atomic E-state index is 13.4. The Hall–Kier alpha value is -3.02. The van der Waals surface area contributed by atoms with Crippen LogP contribution >= 0.6 is 0 Å². The van der Waals surface area contributed by atoms with E-state index < -0.39 is 11.5 Å². The van der Waals surface area contributed by atoms with Gasteiger partial charge in [-0.15, -0.1) is 0 Å². The number of carbonyl (C=O) groups is 2. The summed E-state index contributed by atoms with van der Waals surface area (Å²) in [6, 6.07) is 10.6. The van der Waals surface area contributed by atoms with Gasteiger partial charge in [0.25, 0.3) is 5.91 Å². The van der Waals surface area contributed by atoms with Crippen LogP contribution in [0.25, 0.3) is 0 Å². The Kier molecular flexibility index (Phi) is 4.29. The molecule has 2 aromatic rings. The van der Waals surface area contributed by atoms with Crippen molar-refractivity contribution in [3.8, 4) is 11.5 Å². The number of nitrogens with zero attached hydrogens (tertiary/aromatic N) is 1. The van der Waals surface area contributed by atoms with Crippen LogP contribution in [-0.2, 0) is 21.4 Å². The second-order valence-corrected chi connectivity index (χ2v) is 7.16. The predicted molar refractivity (Wildman–Crippen MR) is 103 cm³/mol. The zero-order valence-corrected chi connectivity index (χ0v) is 16.4. The number of esters is 1. The highest BCUT2D eigenvalue weighted by Gasteiger charge is 2.60. The molecule has 6 heteroatoms. The maximum absolute atomic E-state index is 13.4. The van der Waals surface area contributed by atoms with Gasteiger partial charge in [-0.2, -0.15) is 0 Å². The average Bonchev–Trinajstić information content (AvgIpc) is 3.07. The number of hydrogen-bond donors (Lipinski definition) is 0. The Balaban J connectivity index is 1.99. The van der Waals surface area contributed by atoms with E-state index >= 15 is 0 Å². The van der Waals surface area contributed by atoms with Crippen LogP contribution in [0.5, 0.6) is 11.5 Å². The SMILES string of the molecule is CCOC(=O)[C@]12Cc3cc(OC)ccc3[C@H]1N(C)C(=O)c1cc(OC)ccc12. The van der Waals surface area contributed by atoms with Crippen molar-refractivity contribution in [2.75, 3.05) is 27.9 Å². The highest BCUT2D eigenvalue weighted by Crippen LogP contribution is 2.55. The van der Waals surface area contributed by atoms with E-state index in [1.54, 1.807) is 45.2 Å². The minimum absolute atomic E-state index is 0.137. The maximum Gasteiger partial charge on any atom is 0.319 e. The summed E-state index contributed by atoms with van der Waals surface area (Å²) in [5, 5.41) is 0. The van der Waals surface area contributed by atoms with Crippen LogP contribution in [0.3, 0.4) is 0 Å². The molecule has 146 valence electrons. The first-order chi connectivity index (χ1) is 13.5. The van der Waals surface area contributed by atoms with Crippen LogP contribution < -0.4 is 9.47 Å². The normalized spacial score (nSPS) is 22.2. The van der Waals surface area contributed by atoms with Gasteiger partial charge in [0.1, 0.15) is 16.9 Å². The number of amides is 1. The monoisotopic (exact) mass is 381 g/mol. The van der Waals surface area contributed by atoms with Crippen molar-refractivity contribution < 1.29 is 23.8 Å². The second kappa shape index (κ2) is 6.55. The molecule has 1 aliphatic heterocycles. The fraction of sp³-hybridized carbons (Fsp3) is 0.364. The highest BCUT2D eigenvalue weighted by molar-refractivity contribution is 6.03. The molecule has 1 amide bonds. The summed E-state index contributed by atoms with van der Waals surface area (Å²) in [5.41, 5.74) is 2.11. The average molecular weight is 381 g/mol. The van der Waals surface area contributed by atoms with Gasteiger partial charge in [-0.05, 0) is 54.3 Å². The number of likely N-dealkylation sites (N-methyl/N-ethyl adjacent to an activating group) is 1. The van der Waals surface area contributed by atoms with Crippen LogP contribution in [0.15, 0.2) is 36.4 Å². The topological polar surface area (TPSA) is 65.1 Å². The van der Waals surface area contributed by atoms with Crippen molar-refractivity contribution in [3.05, 3.63) is 58.7 Å². The van der Waals surface area contributed by atoms with Gasteiger partial charge >= 0.3 is 5.97 Å². The first-order valence-corrected chi connectivity index (χ1v) is 9.27. The Morgan fingerprint density at radius 1 is 1.14 bits per heavy atom. The summed E-state index contributed by atoms with van der Waals surface area (Å²) in [6.45, 7) is 2.07. The van der Waals surface area contributed by atoms with E-state index in [-0.39, 0.29) is 18.5 Å². The molecule has 0 fully saturated rings. The van der Waals surface area contributed by atoms with Crippen molar-refractivity contribution >= 4 is 11.9 Å².